The first-order chi connectivity index (χ1) is 9.26. The van der Waals surface area contributed by atoms with E-state index in [2.05, 4.69) is 17.6 Å². The second-order valence-electron chi connectivity index (χ2n) is 4.76. The minimum absolute atomic E-state index is 0.0760. The number of ether oxygens (including phenoxy) is 1. The smallest absolute Gasteiger partial charge is 0.242 e. The average molecular weight is 262 g/mol. The standard InChI is InChI=1S/C15H22N2O2/c1-3-5-9-16-15(18)13-10-11-12(17-13)7-6-8-14(11)19-4-2/h6-8,13,17H,3-5,9-10H2,1-2H3,(H,16,18). The van der Waals surface area contributed by atoms with E-state index in [-0.39, 0.29) is 11.9 Å². The molecule has 1 aromatic rings. The van der Waals surface area contributed by atoms with Gasteiger partial charge in [0.15, 0.2) is 0 Å². The van der Waals surface area contributed by atoms with Crippen LogP contribution in [0.1, 0.15) is 32.3 Å². The van der Waals surface area contributed by atoms with E-state index in [0.29, 0.717) is 13.0 Å². The Kier molecular flexibility index (Phi) is 4.66. The van der Waals surface area contributed by atoms with E-state index in [0.717, 1.165) is 36.4 Å². The zero-order chi connectivity index (χ0) is 13.7. The number of benzene rings is 1. The summed E-state index contributed by atoms with van der Waals surface area (Å²) in [6, 6.07) is 5.74. The van der Waals surface area contributed by atoms with Crippen LogP contribution < -0.4 is 15.4 Å². The molecule has 1 aliphatic heterocycles. The second-order valence-corrected chi connectivity index (χ2v) is 4.76. The Balaban J connectivity index is 1.99. The molecule has 0 saturated heterocycles. The third kappa shape index (κ3) is 3.19. The minimum atomic E-state index is -0.173. The largest absolute Gasteiger partial charge is 0.494 e. The fraction of sp³-hybridized carbons (Fsp3) is 0.533. The summed E-state index contributed by atoms with van der Waals surface area (Å²) in [5.41, 5.74) is 2.13. The third-order valence-corrected chi connectivity index (χ3v) is 3.32. The monoisotopic (exact) mass is 262 g/mol. The number of hydrogen-bond acceptors (Lipinski definition) is 3. The lowest BCUT2D eigenvalue weighted by molar-refractivity contribution is -0.121. The first-order valence-electron chi connectivity index (χ1n) is 7.05. The van der Waals surface area contributed by atoms with Gasteiger partial charge in [-0.05, 0) is 25.5 Å². The Labute approximate surface area is 114 Å². The van der Waals surface area contributed by atoms with Gasteiger partial charge in [0.05, 0.1) is 6.61 Å². The van der Waals surface area contributed by atoms with Crippen LogP contribution in [0, 0.1) is 0 Å². The summed E-state index contributed by atoms with van der Waals surface area (Å²) in [6.45, 7) is 5.48. The number of unbranched alkanes of at least 4 members (excludes halogenated alkanes) is 1. The maximum atomic E-state index is 12.0. The molecule has 0 aliphatic carbocycles. The van der Waals surface area contributed by atoms with Gasteiger partial charge in [-0.15, -0.1) is 0 Å². The maximum absolute atomic E-state index is 12.0. The van der Waals surface area contributed by atoms with E-state index in [1.807, 2.05) is 25.1 Å². The number of hydrogen-bond donors (Lipinski definition) is 2. The van der Waals surface area contributed by atoms with Gasteiger partial charge in [0.25, 0.3) is 0 Å². The molecule has 1 aromatic carbocycles. The molecule has 0 spiro atoms. The lowest BCUT2D eigenvalue weighted by Crippen LogP contribution is -2.38. The molecule has 0 aromatic heterocycles. The molecule has 1 heterocycles. The molecular formula is C15H22N2O2. The Morgan fingerprint density at radius 2 is 2.32 bits per heavy atom. The number of fused-ring (bicyclic) bond motifs is 1. The quantitative estimate of drug-likeness (QED) is 0.774. The van der Waals surface area contributed by atoms with Crippen molar-refractivity contribution in [1.82, 2.24) is 5.32 Å². The Bertz CT molecular complexity index is 446. The van der Waals surface area contributed by atoms with Crippen molar-refractivity contribution in [2.24, 2.45) is 0 Å². The topological polar surface area (TPSA) is 50.4 Å². The first-order valence-corrected chi connectivity index (χ1v) is 7.05. The van der Waals surface area contributed by atoms with Crippen LogP contribution in [0.3, 0.4) is 0 Å². The summed E-state index contributed by atoms with van der Waals surface area (Å²) in [6.07, 6.45) is 2.81. The van der Waals surface area contributed by atoms with Crippen LogP contribution in [0.2, 0.25) is 0 Å². The van der Waals surface area contributed by atoms with Crippen LogP contribution in [0.15, 0.2) is 18.2 Å². The predicted octanol–water partition coefficient (Wildman–Crippen LogP) is 2.34. The number of carbonyl (C=O) groups excluding carboxylic acids is 1. The van der Waals surface area contributed by atoms with E-state index in [1.54, 1.807) is 0 Å². The third-order valence-electron chi connectivity index (χ3n) is 3.32. The highest BCUT2D eigenvalue weighted by molar-refractivity contribution is 5.87. The molecule has 1 unspecified atom stereocenters. The molecule has 4 heteroatoms. The zero-order valence-electron chi connectivity index (χ0n) is 11.7. The van der Waals surface area contributed by atoms with Gasteiger partial charge in [0, 0.05) is 24.2 Å². The Morgan fingerprint density at radius 1 is 1.47 bits per heavy atom. The fourth-order valence-corrected chi connectivity index (χ4v) is 2.31. The lowest BCUT2D eigenvalue weighted by Gasteiger charge is -2.11. The summed E-state index contributed by atoms with van der Waals surface area (Å²) >= 11 is 0. The number of carbonyl (C=O) groups is 1. The maximum Gasteiger partial charge on any atom is 0.242 e. The number of anilines is 1. The van der Waals surface area contributed by atoms with Crippen molar-refractivity contribution in [3.63, 3.8) is 0 Å². The summed E-state index contributed by atoms with van der Waals surface area (Å²) in [4.78, 5) is 12.0. The molecule has 1 atom stereocenters. The van der Waals surface area contributed by atoms with Gasteiger partial charge in [0.2, 0.25) is 5.91 Å². The molecule has 19 heavy (non-hydrogen) atoms. The van der Waals surface area contributed by atoms with E-state index >= 15 is 0 Å². The minimum Gasteiger partial charge on any atom is -0.494 e. The van der Waals surface area contributed by atoms with Crippen molar-refractivity contribution < 1.29 is 9.53 Å². The summed E-state index contributed by atoms with van der Waals surface area (Å²) in [7, 11) is 0. The van der Waals surface area contributed by atoms with E-state index in [4.69, 9.17) is 4.74 Å². The molecule has 1 aliphatic rings. The van der Waals surface area contributed by atoms with Crippen LogP contribution >= 0.6 is 0 Å². The van der Waals surface area contributed by atoms with Crippen molar-refractivity contribution in [3.8, 4) is 5.75 Å². The fourth-order valence-electron chi connectivity index (χ4n) is 2.31. The number of amides is 1. The number of nitrogens with one attached hydrogen (secondary N) is 2. The highest BCUT2D eigenvalue weighted by atomic mass is 16.5. The summed E-state index contributed by atoms with van der Waals surface area (Å²) in [5, 5.41) is 6.24. The zero-order valence-corrected chi connectivity index (χ0v) is 11.7. The van der Waals surface area contributed by atoms with Crippen LogP contribution in [-0.2, 0) is 11.2 Å². The molecular weight excluding hydrogens is 240 g/mol. The van der Waals surface area contributed by atoms with Crippen LogP contribution in [0.25, 0.3) is 0 Å². The van der Waals surface area contributed by atoms with Gasteiger partial charge in [-0.3, -0.25) is 4.79 Å². The summed E-state index contributed by atoms with van der Waals surface area (Å²) in [5.74, 6) is 0.962. The molecule has 104 valence electrons. The van der Waals surface area contributed by atoms with Gasteiger partial charge in [-0.1, -0.05) is 19.4 Å². The SMILES string of the molecule is CCCCNC(=O)C1Cc2c(cccc2OCC)N1. The Morgan fingerprint density at radius 3 is 3.05 bits per heavy atom. The van der Waals surface area contributed by atoms with E-state index in [9.17, 15) is 4.79 Å². The molecule has 2 rings (SSSR count). The first kappa shape index (κ1) is 13.7. The molecule has 0 radical (unpaired) electrons. The average Bonchev–Trinajstić information content (AvgIpc) is 2.84. The molecule has 0 bridgehead atoms. The highest BCUT2D eigenvalue weighted by Gasteiger charge is 2.28. The van der Waals surface area contributed by atoms with E-state index in [1.165, 1.54) is 0 Å². The van der Waals surface area contributed by atoms with E-state index < -0.39 is 0 Å². The van der Waals surface area contributed by atoms with Gasteiger partial charge in [-0.2, -0.15) is 0 Å². The summed E-state index contributed by atoms with van der Waals surface area (Å²) < 4.78 is 5.60. The molecule has 1 amide bonds. The predicted molar refractivity (Wildman–Crippen MR) is 76.6 cm³/mol. The van der Waals surface area contributed by atoms with Crippen LogP contribution in [0.4, 0.5) is 5.69 Å². The molecule has 0 saturated carbocycles. The second kappa shape index (κ2) is 6.45. The van der Waals surface area contributed by atoms with Crippen molar-refractivity contribution in [2.75, 3.05) is 18.5 Å². The van der Waals surface area contributed by atoms with Gasteiger partial charge in [0.1, 0.15) is 11.8 Å². The van der Waals surface area contributed by atoms with Crippen molar-refractivity contribution in [3.05, 3.63) is 23.8 Å². The van der Waals surface area contributed by atoms with Crippen molar-refractivity contribution in [2.45, 2.75) is 39.2 Å². The van der Waals surface area contributed by atoms with Gasteiger partial charge in [-0.25, -0.2) is 0 Å². The molecule has 2 N–H and O–H groups in total. The van der Waals surface area contributed by atoms with Crippen molar-refractivity contribution >= 4 is 11.6 Å². The molecule has 0 fully saturated rings. The lowest BCUT2D eigenvalue weighted by atomic mass is 10.1. The normalized spacial score (nSPS) is 16.6. The van der Waals surface area contributed by atoms with Gasteiger partial charge < -0.3 is 15.4 Å². The van der Waals surface area contributed by atoms with Gasteiger partial charge >= 0.3 is 0 Å². The van der Waals surface area contributed by atoms with Crippen LogP contribution in [-0.4, -0.2) is 25.1 Å². The number of rotatable bonds is 6. The van der Waals surface area contributed by atoms with Crippen LogP contribution in [0.5, 0.6) is 5.75 Å². The highest BCUT2D eigenvalue weighted by Crippen LogP contribution is 2.33. The van der Waals surface area contributed by atoms with Crippen molar-refractivity contribution in [1.29, 1.82) is 0 Å². The molecule has 4 nitrogen and oxygen atoms in total. The Hall–Kier alpha value is -1.71.